The summed E-state index contributed by atoms with van der Waals surface area (Å²) in [6, 6.07) is 9.12. The van der Waals surface area contributed by atoms with Crippen LogP contribution in [0.25, 0.3) is 11.4 Å². The van der Waals surface area contributed by atoms with Crippen LogP contribution in [0.2, 0.25) is 0 Å². The molecule has 168 valence electrons. The lowest BCUT2D eigenvalue weighted by molar-refractivity contribution is -0.137. The summed E-state index contributed by atoms with van der Waals surface area (Å²) in [6.07, 6.45) is -3.16. The van der Waals surface area contributed by atoms with Crippen molar-refractivity contribution in [2.45, 2.75) is 25.1 Å². The van der Waals surface area contributed by atoms with Gasteiger partial charge in [0.05, 0.1) is 19.8 Å². The van der Waals surface area contributed by atoms with Gasteiger partial charge in [-0.25, -0.2) is 0 Å². The standard InChI is InChI=1S/C22H20F3N3O4/c1-30-16-10-14(11-17(12-16)31-2)21(29)28-8-4-7-18(28)20-26-19(27-32-20)13-5-3-6-15(9-13)22(23,24)25/h3,5-6,9-12,18H,4,7-8H2,1-2H3/t18-/m0/s1. The number of likely N-dealkylation sites (tertiary alicyclic amines) is 1. The summed E-state index contributed by atoms with van der Waals surface area (Å²) in [4.78, 5) is 19.1. The largest absolute Gasteiger partial charge is 0.497 e. The molecule has 1 aliphatic rings. The SMILES string of the molecule is COc1cc(OC)cc(C(=O)N2CCC[C@H]2c2nc(-c3cccc(C(F)(F)F)c3)no2)c1. The number of carbonyl (C=O) groups excluding carboxylic acids is 1. The van der Waals surface area contributed by atoms with Gasteiger partial charge in [0.2, 0.25) is 11.7 Å². The Morgan fingerprint density at radius 3 is 2.50 bits per heavy atom. The number of hydrogen-bond donors (Lipinski definition) is 0. The minimum Gasteiger partial charge on any atom is -0.497 e. The molecule has 0 aliphatic carbocycles. The number of carbonyl (C=O) groups is 1. The molecule has 4 rings (SSSR count). The second-order valence-corrected chi connectivity index (χ2v) is 7.29. The number of rotatable bonds is 5. The molecule has 0 N–H and O–H groups in total. The van der Waals surface area contributed by atoms with E-state index in [4.69, 9.17) is 14.0 Å². The Balaban J connectivity index is 1.60. The number of nitrogens with zero attached hydrogens (tertiary/aromatic N) is 3. The third-order valence-corrected chi connectivity index (χ3v) is 5.29. The Bertz CT molecular complexity index is 1110. The third-order valence-electron chi connectivity index (χ3n) is 5.29. The van der Waals surface area contributed by atoms with E-state index >= 15 is 0 Å². The Morgan fingerprint density at radius 1 is 1.12 bits per heavy atom. The predicted molar refractivity (Wildman–Crippen MR) is 107 cm³/mol. The van der Waals surface area contributed by atoms with Gasteiger partial charge in [0.1, 0.15) is 17.5 Å². The molecule has 7 nitrogen and oxygen atoms in total. The van der Waals surface area contributed by atoms with E-state index in [1.54, 1.807) is 23.1 Å². The highest BCUT2D eigenvalue weighted by atomic mass is 19.4. The number of halogens is 3. The molecule has 1 atom stereocenters. The minimum absolute atomic E-state index is 0.0356. The summed E-state index contributed by atoms with van der Waals surface area (Å²) in [5.41, 5.74) is -0.236. The van der Waals surface area contributed by atoms with Crippen LogP contribution in [0.4, 0.5) is 13.2 Å². The molecule has 2 heterocycles. The van der Waals surface area contributed by atoms with Gasteiger partial charge in [0.15, 0.2) is 0 Å². The number of methoxy groups -OCH3 is 2. The fourth-order valence-corrected chi connectivity index (χ4v) is 3.69. The molecule has 1 aliphatic heterocycles. The fraction of sp³-hybridized carbons (Fsp3) is 0.318. The number of amides is 1. The van der Waals surface area contributed by atoms with Gasteiger partial charge in [-0.3, -0.25) is 4.79 Å². The molecule has 3 aromatic rings. The van der Waals surface area contributed by atoms with Crippen LogP contribution in [0.15, 0.2) is 47.0 Å². The zero-order valence-electron chi connectivity index (χ0n) is 17.3. The monoisotopic (exact) mass is 447 g/mol. The second-order valence-electron chi connectivity index (χ2n) is 7.29. The van der Waals surface area contributed by atoms with E-state index < -0.39 is 17.8 Å². The molecule has 10 heteroatoms. The van der Waals surface area contributed by atoms with Gasteiger partial charge < -0.3 is 18.9 Å². The van der Waals surface area contributed by atoms with Crippen molar-refractivity contribution in [3.63, 3.8) is 0 Å². The molecule has 2 aromatic carbocycles. The highest BCUT2D eigenvalue weighted by Gasteiger charge is 2.35. The van der Waals surface area contributed by atoms with Crippen LogP contribution in [0.3, 0.4) is 0 Å². The summed E-state index contributed by atoms with van der Waals surface area (Å²) < 4.78 is 54.9. The summed E-state index contributed by atoms with van der Waals surface area (Å²) in [6.45, 7) is 0.476. The van der Waals surface area contributed by atoms with Crippen LogP contribution in [0, 0.1) is 0 Å². The van der Waals surface area contributed by atoms with E-state index in [2.05, 4.69) is 10.1 Å². The first-order chi connectivity index (χ1) is 15.3. The molecule has 0 radical (unpaired) electrons. The lowest BCUT2D eigenvalue weighted by atomic mass is 10.1. The van der Waals surface area contributed by atoms with Crippen LogP contribution in [-0.2, 0) is 6.18 Å². The molecule has 1 amide bonds. The summed E-state index contributed by atoms with van der Waals surface area (Å²) >= 11 is 0. The molecule has 1 aromatic heterocycles. The van der Waals surface area contributed by atoms with E-state index in [1.165, 1.54) is 26.4 Å². The molecule has 0 saturated carbocycles. The molecule has 32 heavy (non-hydrogen) atoms. The first-order valence-electron chi connectivity index (χ1n) is 9.85. The van der Waals surface area contributed by atoms with Gasteiger partial charge in [-0.05, 0) is 37.1 Å². The zero-order chi connectivity index (χ0) is 22.9. The van der Waals surface area contributed by atoms with Gasteiger partial charge in [0, 0.05) is 23.7 Å². The first kappa shape index (κ1) is 21.7. The maximum absolute atomic E-state index is 13.2. The van der Waals surface area contributed by atoms with Gasteiger partial charge >= 0.3 is 6.18 Å². The average Bonchev–Trinajstić information content (AvgIpc) is 3.47. The van der Waals surface area contributed by atoms with Crippen molar-refractivity contribution in [1.29, 1.82) is 0 Å². The van der Waals surface area contributed by atoms with Crippen LogP contribution in [-0.4, -0.2) is 41.7 Å². The van der Waals surface area contributed by atoms with Crippen molar-refractivity contribution < 1.29 is 32.0 Å². The van der Waals surface area contributed by atoms with E-state index in [1.807, 2.05) is 0 Å². The Labute approximate surface area is 181 Å². The predicted octanol–water partition coefficient (Wildman–Crippen LogP) is 4.75. The average molecular weight is 447 g/mol. The lowest BCUT2D eigenvalue weighted by Gasteiger charge is -2.22. The van der Waals surface area contributed by atoms with E-state index in [0.29, 0.717) is 30.0 Å². The van der Waals surface area contributed by atoms with Crippen LogP contribution in [0.5, 0.6) is 11.5 Å². The van der Waals surface area contributed by atoms with E-state index in [9.17, 15) is 18.0 Å². The Morgan fingerprint density at radius 2 is 1.84 bits per heavy atom. The molecule has 0 unspecified atom stereocenters. The van der Waals surface area contributed by atoms with Gasteiger partial charge in [-0.2, -0.15) is 18.2 Å². The first-order valence-corrected chi connectivity index (χ1v) is 9.85. The van der Waals surface area contributed by atoms with Crippen LogP contribution < -0.4 is 9.47 Å². The van der Waals surface area contributed by atoms with Crippen molar-refractivity contribution in [1.82, 2.24) is 15.0 Å². The van der Waals surface area contributed by atoms with E-state index in [0.717, 1.165) is 18.6 Å². The van der Waals surface area contributed by atoms with Crippen molar-refractivity contribution in [2.75, 3.05) is 20.8 Å². The molecule has 0 bridgehead atoms. The second kappa shape index (κ2) is 8.52. The van der Waals surface area contributed by atoms with Crippen LogP contribution >= 0.6 is 0 Å². The fourth-order valence-electron chi connectivity index (χ4n) is 3.69. The topological polar surface area (TPSA) is 77.7 Å². The maximum atomic E-state index is 13.2. The summed E-state index contributed by atoms with van der Waals surface area (Å²) in [7, 11) is 2.99. The molecule has 1 saturated heterocycles. The molecule has 0 spiro atoms. The number of alkyl halides is 3. The molecule has 1 fully saturated rings. The molecular formula is C22H20F3N3O4. The number of aromatic nitrogens is 2. The highest BCUT2D eigenvalue weighted by molar-refractivity contribution is 5.95. The Hall–Kier alpha value is -3.56. The van der Waals surface area contributed by atoms with Crippen molar-refractivity contribution in [2.24, 2.45) is 0 Å². The van der Waals surface area contributed by atoms with E-state index in [-0.39, 0.29) is 23.2 Å². The van der Waals surface area contributed by atoms with Crippen molar-refractivity contribution >= 4 is 5.91 Å². The van der Waals surface area contributed by atoms with Gasteiger partial charge in [-0.1, -0.05) is 17.3 Å². The van der Waals surface area contributed by atoms with Crippen molar-refractivity contribution in [3.05, 3.63) is 59.5 Å². The zero-order valence-corrected chi connectivity index (χ0v) is 17.3. The van der Waals surface area contributed by atoms with Gasteiger partial charge in [-0.15, -0.1) is 0 Å². The van der Waals surface area contributed by atoms with Crippen molar-refractivity contribution in [3.8, 4) is 22.9 Å². The minimum atomic E-state index is -4.48. The maximum Gasteiger partial charge on any atom is 0.416 e. The smallest absolute Gasteiger partial charge is 0.416 e. The summed E-state index contributed by atoms with van der Waals surface area (Å²) in [5.74, 6) is 0.913. The highest BCUT2D eigenvalue weighted by Crippen LogP contribution is 2.35. The summed E-state index contributed by atoms with van der Waals surface area (Å²) in [5, 5.41) is 3.84. The lowest BCUT2D eigenvalue weighted by Crippen LogP contribution is -2.30. The number of hydrogen-bond acceptors (Lipinski definition) is 6. The van der Waals surface area contributed by atoms with Crippen LogP contribution in [0.1, 0.15) is 40.7 Å². The normalized spacial score (nSPS) is 16.3. The molecular weight excluding hydrogens is 427 g/mol. The number of benzene rings is 2. The van der Waals surface area contributed by atoms with Gasteiger partial charge in [0.25, 0.3) is 5.91 Å². The Kier molecular flexibility index (Phi) is 5.77. The third kappa shape index (κ3) is 4.25. The number of ether oxygens (including phenoxy) is 2. The quantitative estimate of drug-likeness (QED) is 0.562.